The third-order valence-electron chi connectivity index (χ3n) is 3.90. The second kappa shape index (κ2) is 5.33. The van der Waals surface area contributed by atoms with Crippen molar-refractivity contribution in [1.82, 2.24) is 4.98 Å². The van der Waals surface area contributed by atoms with Crippen molar-refractivity contribution in [3.05, 3.63) is 28.4 Å². The van der Waals surface area contributed by atoms with E-state index in [4.69, 9.17) is 0 Å². The maximum absolute atomic E-state index is 10.5. The largest absolute Gasteiger partial charge is 0.379 e. The van der Waals surface area contributed by atoms with Gasteiger partial charge in [0.15, 0.2) is 6.20 Å². The van der Waals surface area contributed by atoms with Gasteiger partial charge in [0.25, 0.3) is 0 Å². The lowest BCUT2D eigenvalue weighted by Gasteiger charge is -2.32. The lowest BCUT2D eigenvalue weighted by molar-refractivity contribution is -0.389. The summed E-state index contributed by atoms with van der Waals surface area (Å²) >= 11 is 0. The van der Waals surface area contributed by atoms with Gasteiger partial charge in [0.2, 0.25) is 0 Å². The molecule has 1 aliphatic carbocycles. The van der Waals surface area contributed by atoms with Gasteiger partial charge in [-0.25, -0.2) is 0 Å². The Bertz CT molecular complexity index is 419. The van der Waals surface area contributed by atoms with Crippen molar-refractivity contribution in [3.8, 4) is 0 Å². The van der Waals surface area contributed by atoms with Gasteiger partial charge in [0.1, 0.15) is 0 Å². The number of aromatic nitrogens is 1. The molecule has 0 saturated heterocycles. The summed E-state index contributed by atoms with van der Waals surface area (Å²) in [6.45, 7) is 4.58. The van der Waals surface area contributed by atoms with Crippen LogP contribution >= 0.6 is 0 Å². The van der Waals surface area contributed by atoms with E-state index in [1.54, 1.807) is 12.3 Å². The zero-order valence-electron chi connectivity index (χ0n) is 10.8. The van der Waals surface area contributed by atoms with Gasteiger partial charge in [-0.15, -0.1) is 0 Å². The molecule has 0 amide bonds. The topological polar surface area (TPSA) is 68.1 Å². The van der Waals surface area contributed by atoms with Crippen molar-refractivity contribution in [2.45, 2.75) is 39.2 Å². The highest BCUT2D eigenvalue weighted by molar-refractivity contribution is 5.44. The van der Waals surface area contributed by atoms with Gasteiger partial charge in [-0.1, -0.05) is 13.8 Å². The number of rotatable bonds is 3. The highest BCUT2D eigenvalue weighted by atomic mass is 16.6. The van der Waals surface area contributed by atoms with E-state index in [2.05, 4.69) is 24.1 Å². The fraction of sp³-hybridized carbons (Fsp3) is 0.615. The normalized spacial score (nSPS) is 27.8. The Labute approximate surface area is 107 Å². The number of anilines is 1. The average molecular weight is 249 g/mol. The Balaban J connectivity index is 1.95. The molecule has 5 nitrogen and oxygen atoms in total. The summed E-state index contributed by atoms with van der Waals surface area (Å²) in [7, 11) is 0. The second-order valence-corrected chi connectivity index (χ2v) is 5.27. The Hall–Kier alpha value is -1.65. The lowest BCUT2D eigenvalue weighted by atomic mass is 9.79. The molecule has 0 radical (unpaired) electrons. The van der Waals surface area contributed by atoms with Crippen molar-refractivity contribution < 1.29 is 4.92 Å². The SMILES string of the molecule is CC1CCC(Nc2ccc([N+](=O)[O-])nc2)CC1C. The summed E-state index contributed by atoms with van der Waals surface area (Å²) in [5.41, 5.74) is 0.868. The highest BCUT2D eigenvalue weighted by Gasteiger charge is 2.24. The van der Waals surface area contributed by atoms with Crippen LogP contribution in [0.3, 0.4) is 0 Å². The molecule has 3 unspecified atom stereocenters. The number of nitro groups is 1. The molecule has 1 N–H and O–H groups in total. The first kappa shape index (κ1) is 12.8. The predicted octanol–water partition coefficient (Wildman–Crippen LogP) is 3.23. The van der Waals surface area contributed by atoms with Crippen LogP contribution in [0.2, 0.25) is 0 Å². The third kappa shape index (κ3) is 2.97. The van der Waals surface area contributed by atoms with Crippen molar-refractivity contribution >= 4 is 11.5 Å². The van der Waals surface area contributed by atoms with E-state index in [1.165, 1.54) is 12.5 Å². The van der Waals surface area contributed by atoms with Crippen molar-refractivity contribution in [1.29, 1.82) is 0 Å². The van der Waals surface area contributed by atoms with E-state index in [-0.39, 0.29) is 5.82 Å². The predicted molar refractivity (Wildman–Crippen MR) is 70.5 cm³/mol. The molecule has 18 heavy (non-hydrogen) atoms. The minimum Gasteiger partial charge on any atom is -0.379 e. The van der Waals surface area contributed by atoms with Crippen LogP contribution in [0.4, 0.5) is 11.5 Å². The molecule has 2 rings (SSSR count). The number of hydrogen-bond acceptors (Lipinski definition) is 4. The van der Waals surface area contributed by atoms with Crippen molar-refractivity contribution in [2.75, 3.05) is 5.32 Å². The number of nitrogens with one attached hydrogen (secondary N) is 1. The first-order chi connectivity index (χ1) is 8.56. The van der Waals surface area contributed by atoms with E-state index < -0.39 is 4.92 Å². The fourth-order valence-corrected chi connectivity index (χ4v) is 2.49. The molecule has 1 saturated carbocycles. The Kier molecular flexibility index (Phi) is 3.79. The summed E-state index contributed by atoms with van der Waals surface area (Å²) in [6.07, 6.45) is 5.08. The minimum absolute atomic E-state index is 0.105. The summed E-state index contributed by atoms with van der Waals surface area (Å²) in [5.74, 6) is 1.41. The number of pyridine rings is 1. The molecule has 1 aromatic heterocycles. The molecule has 0 bridgehead atoms. The van der Waals surface area contributed by atoms with Gasteiger partial charge < -0.3 is 15.4 Å². The van der Waals surface area contributed by atoms with Crippen LogP contribution in [0.5, 0.6) is 0 Å². The minimum atomic E-state index is -0.478. The summed E-state index contributed by atoms with van der Waals surface area (Å²) in [5, 5.41) is 13.9. The Morgan fingerprint density at radius 2 is 2.11 bits per heavy atom. The first-order valence-electron chi connectivity index (χ1n) is 6.43. The molecule has 98 valence electrons. The van der Waals surface area contributed by atoms with Gasteiger partial charge in [-0.2, -0.15) is 0 Å². The zero-order valence-corrected chi connectivity index (χ0v) is 10.8. The van der Waals surface area contributed by atoms with Gasteiger partial charge >= 0.3 is 5.82 Å². The van der Waals surface area contributed by atoms with E-state index in [9.17, 15) is 10.1 Å². The van der Waals surface area contributed by atoms with E-state index >= 15 is 0 Å². The quantitative estimate of drug-likeness (QED) is 0.659. The molecule has 1 fully saturated rings. The van der Waals surface area contributed by atoms with Gasteiger partial charge in [-0.05, 0) is 47.1 Å². The van der Waals surface area contributed by atoms with E-state index in [1.807, 2.05) is 0 Å². The van der Waals surface area contributed by atoms with Gasteiger partial charge in [0, 0.05) is 12.1 Å². The van der Waals surface area contributed by atoms with Crippen LogP contribution in [-0.4, -0.2) is 15.9 Å². The Morgan fingerprint density at radius 3 is 2.67 bits per heavy atom. The zero-order chi connectivity index (χ0) is 13.1. The molecular formula is C13H19N3O2. The molecule has 1 heterocycles. The maximum atomic E-state index is 10.5. The van der Waals surface area contributed by atoms with Crippen molar-refractivity contribution in [3.63, 3.8) is 0 Å². The molecule has 0 aromatic carbocycles. The summed E-state index contributed by atoms with van der Waals surface area (Å²) < 4.78 is 0. The van der Waals surface area contributed by atoms with E-state index in [0.29, 0.717) is 6.04 Å². The van der Waals surface area contributed by atoms with Crippen LogP contribution in [0.15, 0.2) is 18.3 Å². The highest BCUT2D eigenvalue weighted by Crippen LogP contribution is 2.31. The lowest BCUT2D eigenvalue weighted by Crippen LogP contribution is -2.30. The third-order valence-corrected chi connectivity index (χ3v) is 3.90. The van der Waals surface area contributed by atoms with Gasteiger partial charge in [-0.3, -0.25) is 0 Å². The molecule has 5 heteroatoms. The van der Waals surface area contributed by atoms with Crippen LogP contribution < -0.4 is 5.32 Å². The van der Waals surface area contributed by atoms with Crippen LogP contribution in [0.25, 0.3) is 0 Å². The van der Waals surface area contributed by atoms with Gasteiger partial charge in [0.05, 0.1) is 5.69 Å². The summed E-state index contributed by atoms with van der Waals surface area (Å²) in [6, 6.07) is 3.63. The molecule has 0 spiro atoms. The standard InChI is InChI=1S/C13H19N3O2/c1-9-3-4-11(7-10(9)2)15-12-5-6-13(14-8-12)16(17)18/h5-6,8-11,15H,3-4,7H2,1-2H3. The maximum Gasteiger partial charge on any atom is 0.363 e. The van der Waals surface area contributed by atoms with Crippen molar-refractivity contribution in [2.24, 2.45) is 11.8 Å². The molecule has 0 aliphatic heterocycles. The summed E-state index contributed by atoms with van der Waals surface area (Å²) in [4.78, 5) is 13.8. The fourth-order valence-electron chi connectivity index (χ4n) is 2.49. The van der Waals surface area contributed by atoms with Crippen LogP contribution in [0, 0.1) is 22.0 Å². The van der Waals surface area contributed by atoms with Crippen LogP contribution in [-0.2, 0) is 0 Å². The smallest absolute Gasteiger partial charge is 0.363 e. The molecule has 3 atom stereocenters. The van der Waals surface area contributed by atoms with Crippen LogP contribution in [0.1, 0.15) is 33.1 Å². The second-order valence-electron chi connectivity index (χ2n) is 5.27. The number of hydrogen-bond donors (Lipinski definition) is 1. The van der Waals surface area contributed by atoms with E-state index in [0.717, 1.165) is 30.4 Å². The Morgan fingerprint density at radius 1 is 1.33 bits per heavy atom. The average Bonchev–Trinajstić information content (AvgIpc) is 2.34. The monoisotopic (exact) mass is 249 g/mol. The molecular weight excluding hydrogens is 230 g/mol. The first-order valence-corrected chi connectivity index (χ1v) is 6.43. The molecule has 1 aliphatic rings. The number of nitrogens with zero attached hydrogens (tertiary/aromatic N) is 2. The molecule has 1 aromatic rings.